The third kappa shape index (κ3) is 4.87. The lowest BCUT2D eigenvalue weighted by atomic mass is 10.1. The molecule has 1 aliphatic rings. The van der Waals surface area contributed by atoms with Gasteiger partial charge in [0.25, 0.3) is 0 Å². The number of rotatable bonds is 5. The van der Waals surface area contributed by atoms with E-state index in [0.717, 1.165) is 12.5 Å². The lowest BCUT2D eigenvalue weighted by Crippen LogP contribution is -2.38. The van der Waals surface area contributed by atoms with Gasteiger partial charge in [-0.15, -0.1) is 0 Å². The number of anilines is 1. The number of carbonyl (C=O) groups is 2. The Balaban J connectivity index is 1.84. The van der Waals surface area contributed by atoms with Crippen LogP contribution >= 0.6 is 0 Å². The minimum absolute atomic E-state index is 0.00987. The normalized spacial score (nSPS) is 16.2. The summed E-state index contributed by atoms with van der Waals surface area (Å²) in [5, 5.41) is 4.77. The van der Waals surface area contributed by atoms with Gasteiger partial charge in [0.1, 0.15) is 0 Å². The number of carbonyl (C=O) groups excluding carboxylic acids is 2. The fraction of sp³-hybridized carbons (Fsp3) is 0.500. The molecule has 1 fully saturated rings. The smallest absolute Gasteiger partial charge is 0.342 e. The summed E-state index contributed by atoms with van der Waals surface area (Å²) in [7, 11) is 0. The van der Waals surface area contributed by atoms with E-state index in [1.165, 1.54) is 18.2 Å². The molecular weight excluding hydrogens is 323 g/mol. The van der Waals surface area contributed by atoms with E-state index in [9.17, 15) is 22.8 Å². The van der Waals surface area contributed by atoms with Crippen LogP contribution in [0.3, 0.4) is 0 Å². The Labute approximate surface area is 138 Å². The van der Waals surface area contributed by atoms with Crippen LogP contribution in [0.15, 0.2) is 24.3 Å². The molecule has 1 aromatic carbocycles. The summed E-state index contributed by atoms with van der Waals surface area (Å²) in [5.41, 5.74) is -1.18. The number of hydrogen-bond acceptors (Lipinski definition) is 2. The molecule has 1 heterocycles. The molecule has 5 nitrogen and oxygen atoms in total. The first kappa shape index (κ1) is 18.1. The molecule has 0 saturated carbocycles. The number of nitrogens with zero attached hydrogens (tertiary/aromatic N) is 1. The second-order valence-corrected chi connectivity index (χ2v) is 5.93. The third-order valence-corrected chi connectivity index (χ3v) is 3.80. The fourth-order valence-electron chi connectivity index (χ4n) is 2.61. The predicted octanol–water partition coefficient (Wildman–Crippen LogP) is 3.09. The minimum Gasteiger partial charge on any atom is -0.342 e. The number of nitrogens with one attached hydrogen (secondary N) is 2. The van der Waals surface area contributed by atoms with Crippen LogP contribution in [0.1, 0.15) is 25.3 Å². The number of likely N-dealkylation sites (tertiary alicyclic amines) is 1. The Bertz CT molecular complexity index is 604. The van der Waals surface area contributed by atoms with Crippen LogP contribution in [-0.4, -0.2) is 36.5 Å². The van der Waals surface area contributed by atoms with Gasteiger partial charge in [0.2, 0.25) is 5.91 Å². The zero-order valence-corrected chi connectivity index (χ0v) is 13.3. The van der Waals surface area contributed by atoms with Crippen LogP contribution in [0.4, 0.5) is 23.7 Å². The minimum atomic E-state index is -4.53. The molecule has 24 heavy (non-hydrogen) atoms. The van der Waals surface area contributed by atoms with E-state index in [-0.39, 0.29) is 24.1 Å². The molecule has 1 saturated heterocycles. The molecule has 0 aliphatic carbocycles. The summed E-state index contributed by atoms with van der Waals surface area (Å²) in [6, 6.07) is 4.10. The van der Waals surface area contributed by atoms with E-state index in [0.29, 0.717) is 19.5 Å². The monoisotopic (exact) mass is 343 g/mol. The number of amides is 3. The van der Waals surface area contributed by atoms with Crippen LogP contribution in [0.5, 0.6) is 0 Å². The molecule has 0 bridgehead atoms. The van der Waals surface area contributed by atoms with Crippen molar-refractivity contribution in [3.05, 3.63) is 29.8 Å². The highest BCUT2D eigenvalue weighted by Gasteiger charge is 2.33. The van der Waals surface area contributed by atoms with Gasteiger partial charge in [0.15, 0.2) is 0 Å². The Kier molecular flexibility index (Phi) is 5.69. The topological polar surface area (TPSA) is 61.4 Å². The molecular formula is C16H20F3N3O2. The second kappa shape index (κ2) is 7.55. The van der Waals surface area contributed by atoms with Crippen LogP contribution < -0.4 is 10.6 Å². The number of urea groups is 1. The molecule has 0 aromatic heterocycles. The maximum Gasteiger partial charge on any atom is 0.418 e. The summed E-state index contributed by atoms with van der Waals surface area (Å²) in [6.45, 7) is 3.38. The first-order chi connectivity index (χ1) is 11.3. The standard InChI is InChI=1S/C16H20F3N3O2/c1-11(10-22-8-4-7-14(22)23)9-20-15(24)21-13-6-3-2-5-12(13)16(17,18)19/h2-3,5-6,11H,4,7-10H2,1H3,(H2,20,21,24). The van der Waals surface area contributed by atoms with Crippen molar-refractivity contribution in [2.24, 2.45) is 5.92 Å². The Morgan fingerprint density at radius 2 is 2.04 bits per heavy atom. The van der Waals surface area contributed by atoms with E-state index in [2.05, 4.69) is 10.6 Å². The molecule has 1 atom stereocenters. The highest BCUT2D eigenvalue weighted by atomic mass is 19.4. The van der Waals surface area contributed by atoms with Crippen molar-refractivity contribution in [2.75, 3.05) is 25.0 Å². The number of alkyl halides is 3. The van der Waals surface area contributed by atoms with Crippen molar-refractivity contribution in [3.8, 4) is 0 Å². The van der Waals surface area contributed by atoms with Crippen molar-refractivity contribution in [1.82, 2.24) is 10.2 Å². The second-order valence-electron chi connectivity index (χ2n) is 5.93. The Morgan fingerprint density at radius 1 is 1.33 bits per heavy atom. The molecule has 0 radical (unpaired) electrons. The van der Waals surface area contributed by atoms with Crippen molar-refractivity contribution >= 4 is 17.6 Å². The van der Waals surface area contributed by atoms with Crippen molar-refractivity contribution in [3.63, 3.8) is 0 Å². The Hall–Kier alpha value is -2.25. The zero-order chi connectivity index (χ0) is 17.7. The van der Waals surface area contributed by atoms with Gasteiger partial charge in [0, 0.05) is 26.1 Å². The molecule has 2 N–H and O–H groups in total. The number of halogens is 3. The first-order valence-corrected chi connectivity index (χ1v) is 7.76. The van der Waals surface area contributed by atoms with E-state index < -0.39 is 17.8 Å². The highest BCUT2D eigenvalue weighted by Crippen LogP contribution is 2.34. The quantitative estimate of drug-likeness (QED) is 0.863. The number of benzene rings is 1. The Morgan fingerprint density at radius 3 is 2.67 bits per heavy atom. The van der Waals surface area contributed by atoms with Crippen molar-refractivity contribution < 1.29 is 22.8 Å². The average molecular weight is 343 g/mol. The van der Waals surface area contributed by atoms with Gasteiger partial charge >= 0.3 is 12.2 Å². The summed E-state index contributed by atoms with van der Waals surface area (Å²) >= 11 is 0. The van der Waals surface area contributed by atoms with Crippen LogP contribution in [-0.2, 0) is 11.0 Å². The largest absolute Gasteiger partial charge is 0.418 e. The molecule has 2 rings (SSSR count). The molecule has 132 valence electrons. The third-order valence-electron chi connectivity index (χ3n) is 3.80. The van der Waals surface area contributed by atoms with E-state index in [1.54, 1.807) is 4.90 Å². The molecule has 8 heteroatoms. The highest BCUT2D eigenvalue weighted by molar-refractivity contribution is 5.90. The predicted molar refractivity (Wildman–Crippen MR) is 83.4 cm³/mol. The molecule has 1 aliphatic heterocycles. The van der Waals surface area contributed by atoms with Crippen LogP contribution in [0.25, 0.3) is 0 Å². The maximum atomic E-state index is 12.9. The fourth-order valence-corrected chi connectivity index (χ4v) is 2.61. The molecule has 1 unspecified atom stereocenters. The van der Waals surface area contributed by atoms with Gasteiger partial charge in [-0.3, -0.25) is 4.79 Å². The van der Waals surface area contributed by atoms with E-state index >= 15 is 0 Å². The summed E-state index contributed by atoms with van der Waals surface area (Å²) in [6.07, 6.45) is -3.14. The van der Waals surface area contributed by atoms with Gasteiger partial charge in [0.05, 0.1) is 11.3 Å². The van der Waals surface area contributed by atoms with Gasteiger partial charge < -0.3 is 15.5 Å². The van der Waals surface area contributed by atoms with Gasteiger partial charge in [-0.1, -0.05) is 19.1 Å². The zero-order valence-electron chi connectivity index (χ0n) is 13.3. The van der Waals surface area contributed by atoms with Crippen molar-refractivity contribution in [1.29, 1.82) is 0 Å². The van der Waals surface area contributed by atoms with Gasteiger partial charge in [-0.25, -0.2) is 4.79 Å². The van der Waals surface area contributed by atoms with Crippen LogP contribution in [0.2, 0.25) is 0 Å². The summed E-state index contributed by atoms with van der Waals surface area (Å²) in [5.74, 6) is 0.112. The van der Waals surface area contributed by atoms with Crippen molar-refractivity contribution in [2.45, 2.75) is 25.9 Å². The average Bonchev–Trinajstić information content (AvgIpc) is 2.90. The van der Waals surface area contributed by atoms with Gasteiger partial charge in [-0.2, -0.15) is 13.2 Å². The molecule has 0 spiro atoms. The maximum absolute atomic E-state index is 12.9. The van der Waals surface area contributed by atoms with Gasteiger partial charge in [-0.05, 0) is 24.5 Å². The van der Waals surface area contributed by atoms with E-state index in [4.69, 9.17) is 0 Å². The summed E-state index contributed by atoms with van der Waals surface area (Å²) in [4.78, 5) is 25.1. The lowest BCUT2D eigenvalue weighted by Gasteiger charge is -2.21. The molecule has 3 amide bonds. The number of para-hydroxylation sites is 1. The lowest BCUT2D eigenvalue weighted by molar-refractivity contribution is -0.137. The number of hydrogen-bond donors (Lipinski definition) is 2. The molecule has 1 aromatic rings. The summed E-state index contributed by atoms with van der Waals surface area (Å²) < 4.78 is 38.6. The SMILES string of the molecule is CC(CNC(=O)Nc1ccccc1C(F)(F)F)CN1CCCC1=O. The van der Waals surface area contributed by atoms with E-state index in [1.807, 2.05) is 6.92 Å². The van der Waals surface area contributed by atoms with Crippen LogP contribution in [0, 0.1) is 5.92 Å². The first-order valence-electron chi connectivity index (χ1n) is 7.76.